The van der Waals surface area contributed by atoms with Crippen molar-refractivity contribution in [2.45, 2.75) is 24.3 Å². The summed E-state index contributed by atoms with van der Waals surface area (Å²) in [5.41, 5.74) is 0.423. The summed E-state index contributed by atoms with van der Waals surface area (Å²) >= 11 is 1.69. The number of morpholine rings is 1. The summed E-state index contributed by atoms with van der Waals surface area (Å²) in [6, 6.07) is 7.91. The minimum Gasteiger partial charge on any atom is -0.418 e. The molecule has 1 aliphatic rings. The third-order valence-corrected chi connectivity index (χ3v) is 4.64. The molecule has 1 heterocycles. The van der Waals surface area contributed by atoms with Gasteiger partial charge in [0, 0.05) is 10.5 Å². The van der Waals surface area contributed by atoms with Crippen LogP contribution in [-0.4, -0.2) is 51.1 Å². The van der Waals surface area contributed by atoms with Gasteiger partial charge < -0.3 is 26.9 Å². The molecule has 1 saturated heterocycles. The van der Waals surface area contributed by atoms with Gasteiger partial charge in [0.15, 0.2) is 5.54 Å². The van der Waals surface area contributed by atoms with Crippen LogP contribution in [0.4, 0.5) is 17.3 Å². The highest BCUT2D eigenvalue weighted by atomic mass is 32.2. The van der Waals surface area contributed by atoms with Crippen molar-refractivity contribution in [1.29, 1.82) is 0 Å². The fourth-order valence-electron chi connectivity index (χ4n) is 2.51. The molecule has 0 amide bonds. The topological polar surface area (TPSA) is 30.7 Å². The third-order valence-electron chi connectivity index (χ3n) is 3.90. The average Bonchev–Trinajstić information content (AvgIpc) is 2.53. The zero-order valence-electron chi connectivity index (χ0n) is 14.0. The molecule has 3 nitrogen and oxygen atoms in total. The number of halogens is 4. The van der Waals surface area contributed by atoms with E-state index in [0.717, 1.165) is 31.9 Å². The van der Waals surface area contributed by atoms with E-state index in [1.807, 2.05) is 44.4 Å². The van der Waals surface area contributed by atoms with Crippen LogP contribution < -0.4 is 4.90 Å². The highest BCUT2D eigenvalue weighted by Gasteiger charge is 2.39. The van der Waals surface area contributed by atoms with E-state index in [4.69, 9.17) is 4.74 Å². The molecule has 1 aromatic carbocycles. The first-order chi connectivity index (χ1) is 11.1. The van der Waals surface area contributed by atoms with Crippen LogP contribution >= 0.6 is 11.8 Å². The van der Waals surface area contributed by atoms with E-state index in [0.29, 0.717) is 0 Å². The molecule has 24 heavy (non-hydrogen) atoms. The number of carbonyl (C=O) groups is 1. The maximum Gasteiger partial charge on any atom is 0.673 e. The van der Waals surface area contributed by atoms with Crippen LogP contribution in [0.15, 0.2) is 29.2 Å². The molecule has 9 heteroatoms. The molecule has 1 aliphatic heterocycles. The van der Waals surface area contributed by atoms with E-state index >= 15 is 0 Å². The molecule has 0 saturated carbocycles. The van der Waals surface area contributed by atoms with Crippen LogP contribution in [0, 0.1) is 0 Å². The van der Waals surface area contributed by atoms with Crippen molar-refractivity contribution in [3.05, 3.63) is 29.8 Å². The van der Waals surface area contributed by atoms with E-state index in [9.17, 15) is 22.1 Å². The van der Waals surface area contributed by atoms with Gasteiger partial charge in [0.2, 0.25) is 5.78 Å². The summed E-state index contributed by atoms with van der Waals surface area (Å²) in [6.07, 6.45) is 2.04. The lowest BCUT2D eigenvalue weighted by atomic mass is 9.91. The number of rotatable bonds is 4. The number of Topliss-reactive ketones (excluding diaryl/α,β-unsaturated/α-hetero) is 1. The van der Waals surface area contributed by atoms with Gasteiger partial charge in [-0.2, -0.15) is 0 Å². The fourth-order valence-corrected chi connectivity index (χ4v) is 2.91. The van der Waals surface area contributed by atoms with Crippen molar-refractivity contribution in [3.63, 3.8) is 0 Å². The number of thioether (sulfide) groups is 1. The quantitative estimate of drug-likeness (QED) is 0.384. The van der Waals surface area contributed by atoms with Gasteiger partial charge in [-0.3, -0.25) is 4.79 Å². The van der Waals surface area contributed by atoms with E-state index < -0.39 is 7.25 Å². The van der Waals surface area contributed by atoms with Crippen molar-refractivity contribution in [2.24, 2.45) is 0 Å². The van der Waals surface area contributed by atoms with Gasteiger partial charge >= 0.3 is 7.25 Å². The first-order valence-corrected chi connectivity index (χ1v) is 8.77. The second-order valence-electron chi connectivity index (χ2n) is 5.89. The van der Waals surface area contributed by atoms with Crippen molar-refractivity contribution in [2.75, 3.05) is 32.6 Å². The number of hydrogen-bond donors (Lipinski definition) is 1. The predicted molar refractivity (Wildman–Crippen MR) is 88.3 cm³/mol. The lowest BCUT2D eigenvalue weighted by Crippen LogP contribution is -3.22. The predicted octanol–water partition coefficient (Wildman–Crippen LogP) is 2.58. The van der Waals surface area contributed by atoms with Gasteiger partial charge in [-0.05, 0) is 32.2 Å². The van der Waals surface area contributed by atoms with Crippen LogP contribution in [-0.2, 0) is 4.74 Å². The molecule has 0 radical (unpaired) electrons. The molecule has 1 N–H and O–H groups in total. The smallest absolute Gasteiger partial charge is 0.418 e. The number of hydrogen-bond acceptors (Lipinski definition) is 3. The Labute approximate surface area is 143 Å². The lowest BCUT2D eigenvalue weighted by molar-refractivity contribution is -0.944. The zero-order chi connectivity index (χ0) is 18.4. The van der Waals surface area contributed by atoms with Crippen molar-refractivity contribution < 1.29 is 31.7 Å². The molecule has 0 bridgehead atoms. The molecule has 0 spiro atoms. The zero-order valence-corrected chi connectivity index (χ0v) is 14.8. The van der Waals surface area contributed by atoms with Gasteiger partial charge in [0.1, 0.15) is 13.1 Å². The van der Waals surface area contributed by atoms with Crippen LogP contribution in [0.3, 0.4) is 0 Å². The molecule has 1 aromatic rings. The molecule has 0 aliphatic carbocycles. The van der Waals surface area contributed by atoms with E-state index in [2.05, 4.69) is 0 Å². The average molecular weight is 367 g/mol. The van der Waals surface area contributed by atoms with Crippen LogP contribution in [0.2, 0.25) is 0 Å². The van der Waals surface area contributed by atoms with Crippen molar-refractivity contribution >= 4 is 24.8 Å². The normalized spacial score (nSPS) is 16.3. The maximum absolute atomic E-state index is 12.7. The Morgan fingerprint density at radius 1 is 1.12 bits per heavy atom. The summed E-state index contributed by atoms with van der Waals surface area (Å²) in [4.78, 5) is 15.2. The van der Waals surface area contributed by atoms with Crippen LogP contribution in [0.1, 0.15) is 24.2 Å². The summed E-state index contributed by atoms with van der Waals surface area (Å²) in [5.74, 6) is 0.219. The van der Waals surface area contributed by atoms with Gasteiger partial charge in [-0.25, -0.2) is 0 Å². The minimum atomic E-state index is -6.00. The Morgan fingerprint density at radius 2 is 1.58 bits per heavy atom. The number of ether oxygens (including phenoxy) is 1. The Hall–Kier alpha value is -1.06. The summed E-state index contributed by atoms with van der Waals surface area (Å²) in [7, 11) is -6.00. The number of nitrogens with one attached hydrogen (secondary N) is 1. The summed E-state index contributed by atoms with van der Waals surface area (Å²) in [6.45, 7) is 7.38. The highest BCUT2D eigenvalue weighted by molar-refractivity contribution is 7.98. The maximum atomic E-state index is 12.7. The van der Waals surface area contributed by atoms with Gasteiger partial charge in [0.05, 0.1) is 13.2 Å². The number of carbonyl (C=O) groups excluding carboxylic acids is 1. The Morgan fingerprint density at radius 3 is 2.00 bits per heavy atom. The van der Waals surface area contributed by atoms with E-state index in [-0.39, 0.29) is 11.3 Å². The summed E-state index contributed by atoms with van der Waals surface area (Å²) in [5, 5.41) is 0. The lowest BCUT2D eigenvalue weighted by Gasteiger charge is -2.36. The first-order valence-electron chi connectivity index (χ1n) is 7.55. The molecule has 2 rings (SSSR count). The molecule has 0 aromatic heterocycles. The van der Waals surface area contributed by atoms with Crippen molar-refractivity contribution in [3.8, 4) is 0 Å². The monoisotopic (exact) mass is 367 g/mol. The Kier molecular flexibility index (Phi) is 7.76. The van der Waals surface area contributed by atoms with Gasteiger partial charge in [-0.15, -0.1) is 11.8 Å². The Balaban J connectivity index is 0.000000505. The first kappa shape index (κ1) is 21.0. The van der Waals surface area contributed by atoms with Crippen molar-refractivity contribution in [1.82, 2.24) is 0 Å². The Bertz CT molecular complexity index is 525. The molecule has 1 fully saturated rings. The molecule has 0 atom stereocenters. The van der Waals surface area contributed by atoms with E-state index in [1.54, 1.807) is 11.8 Å². The number of benzene rings is 1. The minimum absolute atomic E-state index is 0.219. The second kappa shape index (κ2) is 8.87. The van der Waals surface area contributed by atoms with E-state index in [1.165, 1.54) is 9.80 Å². The highest BCUT2D eigenvalue weighted by Crippen LogP contribution is 2.17. The molecule has 136 valence electrons. The van der Waals surface area contributed by atoms with Crippen LogP contribution in [0.5, 0.6) is 0 Å². The summed E-state index contributed by atoms with van der Waals surface area (Å²) < 4.78 is 44.4. The largest absolute Gasteiger partial charge is 0.673 e. The molecular formula is C15H22BF4NO2S. The molecule has 0 unspecified atom stereocenters. The third kappa shape index (κ3) is 6.82. The SMILES string of the molecule is CSc1ccc(C(=O)C(C)(C)[NH+]2CCOCC2)cc1.F[B-](F)(F)F. The van der Waals surface area contributed by atoms with Crippen LogP contribution in [0.25, 0.3) is 0 Å². The fraction of sp³-hybridized carbons (Fsp3) is 0.533. The second-order valence-corrected chi connectivity index (χ2v) is 6.77. The molecular weight excluding hydrogens is 345 g/mol. The van der Waals surface area contributed by atoms with Gasteiger partial charge in [-0.1, -0.05) is 12.1 Å². The number of quaternary nitrogens is 1. The number of ketones is 1. The standard InChI is InChI=1S/C15H21NO2S.BF4/c1-15(2,16-8-10-18-11-9-16)14(17)12-4-6-13(19-3)7-5-12;2-1(3,4)5/h4-7H,8-11H2,1-3H3;/q;-1/p+1. The van der Waals surface area contributed by atoms with Gasteiger partial charge in [0.25, 0.3) is 0 Å².